The summed E-state index contributed by atoms with van der Waals surface area (Å²) >= 11 is 0. The number of carbonyl (C=O) groups excluding carboxylic acids is 2. The summed E-state index contributed by atoms with van der Waals surface area (Å²) in [5.41, 5.74) is 0.532. The lowest BCUT2D eigenvalue weighted by Crippen LogP contribution is -2.55. The smallest absolute Gasteiger partial charge is 0.256 e. The van der Waals surface area contributed by atoms with Gasteiger partial charge in [0.1, 0.15) is 5.82 Å². The van der Waals surface area contributed by atoms with Crippen molar-refractivity contribution in [2.75, 3.05) is 19.7 Å². The predicted octanol–water partition coefficient (Wildman–Crippen LogP) is 2.08. The van der Waals surface area contributed by atoms with Crippen molar-refractivity contribution in [1.82, 2.24) is 10.2 Å². The molecule has 1 heterocycles. The number of carbonyl (C=O) groups is 2. The second kappa shape index (κ2) is 8.10. The Balaban J connectivity index is 1.73. The minimum absolute atomic E-state index is 0.0167. The van der Waals surface area contributed by atoms with Crippen LogP contribution in [0.5, 0.6) is 0 Å². The number of aliphatic hydroxyl groups excluding tert-OH is 1. The molecule has 0 saturated carbocycles. The van der Waals surface area contributed by atoms with Crippen molar-refractivity contribution in [3.05, 3.63) is 71.5 Å². The van der Waals surface area contributed by atoms with Gasteiger partial charge >= 0.3 is 0 Å². The van der Waals surface area contributed by atoms with Crippen LogP contribution in [0.25, 0.3) is 0 Å². The van der Waals surface area contributed by atoms with Crippen LogP contribution in [0, 0.1) is 11.7 Å². The molecule has 2 atom stereocenters. The van der Waals surface area contributed by atoms with Gasteiger partial charge in [-0.3, -0.25) is 9.59 Å². The minimum Gasteiger partial charge on any atom is -0.396 e. The summed E-state index contributed by atoms with van der Waals surface area (Å²) in [5.74, 6) is -1.37. The Morgan fingerprint density at radius 1 is 1.12 bits per heavy atom. The predicted molar refractivity (Wildman–Crippen MR) is 95.2 cm³/mol. The first kappa shape index (κ1) is 18.1. The molecule has 0 aromatic heterocycles. The van der Waals surface area contributed by atoms with E-state index in [1.165, 1.54) is 23.1 Å². The van der Waals surface area contributed by atoms with Crippen molar-refractivity contribution in [1.29, 1.82) is 0 Å². The number of rotatable bonds is 4. The molecule has 1 aliphatic heterocycles. The summed E-state index contributed by atoms with van der Waals surface area (Å²) < 4.78 is 13.9. The maximum absolute atomic E-state index is 13.9. The highest BCUT2D eigenvalue weighted by molar-refractivity contribution is 5.95. The van der Waals surface area contributed by atoms with Crippen LogP contribution in [0.2, 0.25) is 0 Å². The molecule has 6 heteroatoms. The summed E-state index contributed by atoms with van der Waals surface area (Å²) in [6.07, 6.45) is 0.538. The molecule has 26 heavy (non-hydrogen) atoms. The van der Waals surface area contributed by atoms with Crippen molar-refractivity contribution in [2.24, 2.45) is 5.92 Å². The number of nitrogens with zero attached hydrogens (tertiary/aromatic N) is 1. The second-order valence-electron chi connectivity index (χ2n) is 6.41. The molecule has 2 amide bonds. The van der Waals surface area contributed by atoms with Gasteiger partial charge in [0.2, 0.25) is 0 Å². The van der Waals surface area contributed by atoms with E-state index in [1.807, 2.05) is 6.07 Å². The Labute approximate surface area is 151 Å². The van der Waals surface area contributed by atoms with E-state index in [1.54, 1.807) is 30.3 Å². The summed E-state index contributed by atoms with van der Waals surface area (Å²) in [5, 5.41) is 12.5. The number of benzene rings is 2. The van der Waals surface area contributed by atoms with E-state index in [2.05, 4.69) is 5.32 Å². The first-order chi connectivity index (χ1) is 12.6. The molecule has 0 spiro atoms. The van der Waals surface area contributed by atoms with Crippen molar-refractivity contribution in [3.8, 4) is 0 Å². The van der Waals surface area contributed by atoms with Crippen LogP contribution in [-0.4, -0.2) is 47.6 Å². The lowest BCUT2D eigenvalue weighted by Gasteiger charge is -2.38. The number of halogens is 1. The number of nitrogens with one attached hydrogen (secondary N) is 1. The number of aliphatic hydroxyl groups is 1. The van der Waals surface area contributed by atoms with Crippen LogP contribution in [0.3, 0.4) is 0 Å². The third-order valence-electron chi connectivity index (χ3n) is 4.73. The highest BCUT2D eigenvalue weighted by atomic mass is 19.1. The Morgan fingerprint density at radius 3 is 2.50 bits per heavy atom. The molecule has 2 N–H and O–H groups in total. The van der Waals surface area contributed by atoms with Crippen molar-refractivity contribution in [3.63, 3.8) is 0 Å². The zero-order valence-electron chi connectivity index (χ0n) is 14.3. The van der Waals surface area contributed by atoms with E-state index in [0.717, 1.165) is 0 Å². The van der Waals surface area contributed by atoms with Crippen LogP contribution >= 0.6 is 0 Å². The van der Waals surface area contributed by atoms with Crippen LogP contribution in [-0.2, 0) is 0 Å². The van der Waals surface area contributed by atoms with E-state index in [0.29, 0.717) is 18.5 Å². The summed E-state index contributed by atoms with van der Waals surface area (Å²) in [4.78, 5) is 26.6. The van der Waals surface area contributed by atoms with E-state index >= 15 is 0 Å². The van der Waals surface area contributed by atoms with E-state index in [-0.39, 0.29) is 30.5 Å². The zero-order valence-corrected chi connectivity index (χ0v) is 14.3. The van der Waals surface area contributed by atoms with Gasteiger partial charge in [0.25, 0.3) is 11.8 Å². The van der Waals surface area contributed by atoms with Crippen molar-refractivity contribution < 1.29 is 19.1 Å². The van der Waals surface area contributed by atoms with E-state index in [4.69, 9.17) is 0 Å². The summed E-state index contributed by atoms with van der Waals surface area (Å²) in [6, 6.07) is 14.2. The summed E-state index contributed by atoms with van der Waals surface area (Å²) in [7, 11) is 0. The minimum atomic E-state index is -0.563. The standard InChI is InChI=1S/C20H21FN2O3/c21-17-9-5-4-8-16(17)20(26)23-11-10-15(13-24)18(12-23)22-19(25)14-6-2-1-3-7-14/h1-9,15,18,24H,10-13H2,(H,22,25)/t15-,18-/m1/s1. The fourth-order valence-corrected chi connectivity index (χ4v) is 3.21. The molecule has 5 nitrogen and oxygen atoms in total. The molecule has 2 aromatic rings. The van der Waals surface area contributed by atoms with Gasteiger partial charge in [0, 0.05) is 31.2 Å². The third kappa shape index (κ3) is 3.91. The van der Waals surface area contributed by atoms with Gasteiger partial charge < -0.3 is 15.3 Å². The van der Waals surface area contributed by atoms with E-state index < -0.39 is 17.8 Å². The second-order valence-corrected chi connectivity index (χ2v) is 6.41. The SMILES string of the molecule is O=C(N[C@@H]1CN(C(=O)c2ccccc2F)CC[C@@H]1CO)c1ccccc1. The van der Waals surface area contributed by atoms with Gasteiger partial charge in [-0.1, -0.05) is 30.3 Å². The fraction of sp³-hybridized carbons (Fsp3) is 0.300. The largest absolute Gasteiger partial charge is 0.396 e. The maximum Gasteiger partial charge on any atom is 0.256 e. The Bertz CT molecular complexity index is 782. The molecule has 0 bridgehead atoms. The molecule has 1 fully saturated rings. The molecule has 2 aromatic carbocycles. The Kier molecular flexibility index (Phi) is 5.63. The molecule has 136 valence electrons. The van der Waals surface area contributed by atoms with Crippen molar-refractivity contribution in [2.45, 2.75) is 12.5 Å². The normalized spacial score (nSPS) is 19.8. The Morgan fingerprint density at radius 2 is 1.81 bits per heavy atom. The van der Waals surface area contributed by atoms with Crippen LogP contribution in [0.15, 0.2) is 54.6 Å². The number of likely N-dealkylation sites (tertiary alicyclic amines) is 1. The van der Waals surface area contributed by atoms with Gasteiger partial charge in [-0.15, -0.1) is 0 Å². The first-order valence-corrected chi connectivity index (χ1v) is 8.60. The van der Waals surface area contributed by atoms with E-state index in [9.17, 15) is 19.1 Å². The third-order valence-corrected chi connectivity index (χ3v) is 4.73. The monoisotopic (exact) mass is 356 g/mol. The lowest BCUT2D eigenvalue weighted by atomic mass is 9.91. The number of amides is 2. The molecule has 0 unspecified atom stereocenters. The molecule has 1 aliphatic rings. The average Bonchev–Trinajstić information content (AvgIpc) is 2.68. The van der Waals surface area contributed by atoms with Gasteiger partial charge in [0.15, 0.2) is 0 Å². The molecular formula is C20H21FN2O3. The average molecular weight is 356 g/mol. The number of piperidine rings is 1. The van der Waals surface area contributed by atoms with Gasteiger partial charge in [-0.25, -0.2) is 4.39 Å². The van der Waals surface area contributed by atoms with Crippen LogP contribution < -0.4 is 5.32 Å². The molecular weight excluding hydrogens is 335 g/mol. The zero-order chi connectivity index (χ0) is 18.5. The molecule has 3 rings (SSSR count). The van der Waals surface area contributed by atoms with Gasteiger partial charge in [-0.2, -0.15) is 0 Å². The molecule has 0 radical (unpaired) electrons. The highest BCUT2D eigenvalue weighted by Crippen LogP contribution is 2.21. The topological polar surface area (TPSA) is 69.6 Å². The number of hydrogen-bond donors (Lipinski definition) is 2. The first-order valence-electron chi connectivity index (χ1n) is 8.60. The Hall–Kier alpha value is -2.73. The molecule has 0 aliphatic carbocycles. The highest BCUT2D eigenvalue weighted by Gasteiger charge is 2.33. The maximum atomic E-state index is 13.9. The van der Waals surface area contributed by atoms with Crippen molar-refractivity contribution >= 4 is 11.8 Å². The summed E-state index contributed by atoms with van der Waals surface area (Å²) in [6.45, 7) is 0.564. The van der Waals surface area contributed by atoms with Crippen LogP contribution in [0.1, 0.15) is 27.1 Å². The van der Waals surface area contributed by atoms with Gasteiger partial charge in [0.05, 0.1) is 11.6 Å². The van der Waals surface area contributed by atoms with Gasteiger partial charge in [-0.05, 0) is 30.7 Å². The lowest BCUT2D eigenvalue weighted by molar-refractivity contribution is 0.0537. The van der Waals surface area contributed by atoms with Crippen LogP contribution in [0.4, 0.5) is 4.39 Å². The molecule has 1 saturated heterocycles. The quantitative estimate of drug-likeness (QED) is 0.881. The number of hydrogen-bond acceptors (Lipinski definition) is 3. The fourth-order valence-electron chi connectivity index (χ4n) is 3.21.